The third-order valence-corrected chi connectivity index (χ3v) is 6.90. The number of carbonyl (C=O) groups is 1. The average Bonchev–Trinajstić information content (AvgIpc) is 3.25. The Bertz CT molecular complexity index is 1690. The second-order valence-electron chi connectivity index (χ2n) is 8.32. The number of thioether (sulfide) groups is 1. The van der Waals surface area contributed by atoms with Crippen LogP contribution in [-0.2, 0) is 0 Å². The Morgan fingerprint density at radius 2 is 1.74 bits per heavy atom. The van der Waals surface area contributed by atoms with Gasteiger partial charge in [-0.3, -0.25) is 14.0 Å². The van der Waals surface area contributed by atoms with Crippen molar-refractivity contribution in [2.24, 2.45) is 0 Å². The Morgan fingerprint density at radius 3 is 2.51 bits per heavy atom. The molecule has 9 heteroatoms. The van der Waals surface area contributed by atoms with Crippen molar-refractivity contribution < 1.29 is 13.6 Å². The summed E-state index contributed by atoms with van der Waals surface area (Å²) in [6.45, 7) is 5.53. The molecule has 0 fully saturated rings. The molecular weight excluding hydrogens is 470 g/mol. The SMILES string of the molecule is Cc1ccc(C)c(-n2c(=O)c3ccccc3n3c(SC(C)C(=O)c4ccc(F)c(F)c4)nnc23)c1. The zero-order chi connectivity index (χ0) is 24.9. The standard InChI is InChI=1S/C26H20F2N4O2S/c1-14-8-9-15(2)22(12-14)31-24(34)18-6-4-5-7-21(18)32-25(31)29-30-26(32)35-16(3)23(33)17-10-11-19(27)20(28)13-17/h4-13,16H,1-3H3. The third-order valence-electron chi connectivity index (χ3n) is 5.86. The molecular formula is C26H20F2N4O2S. The summed E-state index contributed by atoms with van der Waals surface area (Å²) in [5, 5.41) is 8.83. The summed E-state index contributed by atoms with van der Waals surface area (Å²) in [4.78, 5) is 26.5. The first kappa shape index (κ1) is 22.9. The zero-order valence-corrected chi connectivity index (χ0v) is 19.9. The molecule has 0 saturated carbocycles. The van der Waals surface area contributed by atoms with Crippen LogP contribution in [0.2, 0.25) is 0 Å². The molecule has 2 heterocycles. The molecule has 0 aliphatic rings. The van der Waals surface area contributed by atoms with E-state index in [2.05, 4.69) is 10.2 Å². The van der Waals surface area contributed by atoms with Gasteiger partial charge in [0.25, 0.3) is 5.56 Å². The van der Waals surface area contributed by atoms with Crippen LogP contribution < -0.4 is 5.56 Å². The summed E-state index contributed by atoms with van der Waals surface area (Å²) in [6, 6.07) is 16.1. The highest BCUT2D eigenvalue weighted by molar-refractivity contribution is 8.00. The van der Waals surface area contributed by atoms with Gasteiger partial charge in [-0.15, -0.1) is 10.2 Å². The van der Waals surface area contributed by atoms with Gasteiger partial charge in [0.05, 0.1) is 21.8 Å². The predicted molar refractivity (Wildman–Crippen MR) is 132 cm³/mol. The second kappa shape index (κ2) is 8.74. The fraction of sp³-hybridized carbons (Fsp3) is 0.154. The first-order valence-electron chi connectivity index (χ1n) is 10.9. The largest absolute Gasteiger partial charge is 0.293 e. The molecule has 35 heavy (non-hydrogen) atoms. The summed E-state index contributed by atoms with van der Waals surface area (Å²) in [7, 11) is 0. The van der Waals surface area contributed by atoms with E-state index in [4.69, 9.17) is 0 Å². The minimum atomic E-state index is -1.08. The fourth-order valence-electron chi connectivity index (χ4n) is 4.03. The summed E-state index contributed by atoms with van der Waals surface area (Å²) < 4.78 is 30.3. The van der Waals surface area contributed by atoms with Gasteiger partial charge >= 0.3 is 0 Å². The number of fused-ring (bicyclic) bond motifs is 3. The maximum absolute atomic E-state index is 13.7. The summed E-state index contributed by atoms with van der Waals surface area (Å²) in [5.74, 6) is -2.15. The van der Waals surface area contributed by atoms with E-state index in [1.807, 2.05) is 38.1 Å². The third kappa shape index (κ3) is 3.91. The van der Waals surface area contributed by atoms with Gasteiger partial charge in [-0.05, 0) is 68.3 Å². The number of hydrogen-bond donors (Lipinski definition) is 0. The molecule has 3 aromatic carbocycles. The van der Waals surface area contributed by atoms with E-state index < -0.39 is 16.9 Å². The molecule has 6 nitrogen and oxygen atoms in total. The Morgan fingerprint density at radius 1 is 0.971 bits per heavy atom. The van der Waals surface area contributed by atoms with Crippen LogP contribution in [0.1, 0.15) is 28.4 Å². The van der Waals surface area contributed by atoms with Gasteiger partial charge in [0.1, 0.15) is 0 Å². The van der Waals surface area contributed by atoms with Crippen molar-refractivity contribution in [1.82, 2.24) is 19.2 Å². The van der Waals surface area contributed by atoms with Crippen molar-refractivity contribution in [3.63, 3.8) is 0 Å². The van der Waals surface area contributed by atoms with Crippen LogP contribution in [0.5, 0.6) is 0 Å². The summed E-state index contributed by atoms with van der Waals surface area (Å²) in [5.41, 5.74) is 3.03. The van der Waals surface area contributed by atoms with E-state index in [9.17, 15) is 18.4 Å². The van der Waals surface area contributed by atoms with E-state index in [0.29, 0.717) is 27.5 Å². The minimum Gasteiger partial charge on any atom is -0.293 e. The minimum absolute atomic E-state index is 0.0647. The maximum atomic E-state index is 13.7. The number of aromatic nitrogens is 4. The molecule has 5 rings (SSSR count). The molecule has 2 aromatic heterocycles. The van der Waals surface area contributed by atoms with E-state index in [1.54, 1.807) is 29.5 Å². The fourth-order valence-corrected chi connectivity index (χ4v) is 4.96. The molecule has 176 valence electrons. The number of Topliss-reactive ketones (excluding diaryl/α,β-unsaturated/α-hetero) is 1. The lowest BCUT2D eigenvalue weighted by Gasteiger charge is -2.14. The van der Waals surface area contributed by atoms with Gasteiger partial charge < -0.3 is 0 Å². The van der Waals surface area contributed by atoms with Gasteiger partial charge in [-0.2, -0.15) is 0 Å². The average molecular weight is 491 g/mol. The second-order valence-corrected chi connectivity index (χ2v) is 9.63. The van der Waals surface area contributed by atoms with E-state index >= 15 is 0 Å². The molecule has 1 atom stereocenters. The number of halogens is 2. The zero-order valence-electron chi connectivity index (χ0n) is 19.1. The highest BCUT2D eigenvalue weighted by Crippen LogP contribution is 2.28. The van der Waals surface area contributed by atoms with Crippen LogP contribution in [0.3, 0.4) is 0 Å². The molecule has 0 amide bonds. The van der Waals surface area contributed by atoms with Gasteiger partial charge in [-0.1, -0.05) is 36.0 Å². The summed E-state index contributed by atoms with van der Waals surface area (Å²) in [6.07, 6.45) is 0. The lowest BCUT2D eigenvalue weighted by molar-refractivity contribution is 0.0993. The number of para-hydroxylation sites is 1. The van der Waals surface area contributed by atoms with Crippen molar-refractivity contribution in [2.45, 2.75) is 31.2 Å². The Balaban J connectivity index is 1.67. The maximum Gasteiger partial charge on any atom is 0.267 e. The van der Waals surface area contributed by atoms with Gasteiger partial charge in [0, 0.05) is 5.56 Å². The highest BCUT2D eigenvalue weighted by Gasteiger charge is 2.24. The van der Waals surface area contributed by atoms with Crippen LogP contribution >= 0.6 is 11.8 Å². The monoisotopic (exact) mass is 490 g/mol. The highest BCUT2D eigenvalue weighted by atomic mass is 32.2. The molecule has 0 radical (unpaired) electrons. The number of hydrogen-bond acceptors (Lipinski definition) is 5. The Hall–Kier alpha value is -3.85. The van der Waals surface area contributed by atoms with Gasteiger partial charge in [-0.25, -0.2) is 13.3 Å². The molecule has 0 aliphatic heterocycles. The molecule has 0 bridgehead atoms. The van der Waals surface area contributed by atoms with Crippen LogP contribution in [0.15, 0.2) is 70.6 Å². The van der Waals surface area contributed by atoms with Crippen LogP contribution in [-0.4, -0.2) is 30.2 Å². The smallest absolute Gasteiger partial charge is 0.267 e. The van der Waals surface area contributed by atoms with E-state index in [-0.39, 0.29) is 16.9 Å². The molecule has 0 N–H and O–H groups in total. The number of carbonyl (C=O) groups excluding carboxylic acids is 1. The lowest BCUT2D eigenvalue weighted by atomic mass is 10.1. The van der Waals surface area contributed by atoms with Crippen LogP contribution in [0, 0.1) is 25.5 Å². The van der Waals surface area contributed by atoms with E-state index in [0.717, 1.165) is 35.0 Å². The number of aryl methyl sites for hydroxylation is 2. The number of rotatable bonds is 5. The molecule has 0 saturated heterocycles. The van der Waals surface area contributed by atoms with Crippen molar-refractivity contribution in [3.05, 3.63) is 99.3 Å². The first-order valence-corrected chi connectivity index (χ1v) is 11.8. The Kier molecular flexibility index (Phi) is 5.72. The molecule has 1 unspecified atom stereocenters. The van der Waals surface area contributed by atoms with Crippen LogP contribution in [0.4, 0.5) is 8.78 Å². The topological polar surface area (TPSA) is 69.3 Å². The Labute approximate surface area is 203 Å². The van der Waals surface area contributed by atoms with Crippen molar-refractivity contribution >= 4 is 34.2 Å². The van der Waals surface area contributed by atoms with Crippen molar-refractivity contribution in [2.75, 3.05) is 0 Å². The number of nitrogens with zero attached hydrogens (tertiary/aromatic N) is 4. The molecule has 0 aliphatic carbocycles. The van der Waals surface area contributed by atoms with Crippen molar-refractivity contribution in [3.8, 4) is 5.69 Å². The van der Waals surface area contributed by atoms with Gasteiger partial charge in [0.2, 0.25) is 5.78 Å². The number of ketones is 1. The first-order chi connectivity index (χ1) is 16.8. The number of benzene rings is 3. The molecule has 0 spiro atoms. The lowest BCUT2D eigenvalue weighted by Crippen LogP contribution is -2.23. The quantitative estimate of drug-likeness (QED) is 0.247. The van der Waals surface area contributed by atoms with Crippen LogP contribution in [0.25, 0.3) is 22.4 Å². The van der Waals surface area contributed by atoms with E-state index in [1.165, 1.54) is 10.6 Å². The molecule has 5 aromatic rings. The van der Waals surface area contributed by atoms with Crippen molar-refractivity contribution in [1.29, 1.82) is 0 Å². The predicted octanol–water partition coefficient (Wildman–Crippen LogP) is 5.29. The van der Waals surface area contributed by atoms with Gasteiger partial charge in [0.15, 0.2) is 22.6 Å². The summed E-state index contributed by atoms with van der Waals surface area (Å²) >= 11 is 1.13. The normalized spacial score (nSPS) is 12.4.